The molecule has 0 aliphatic carbocycles. The highest BCUT2D eigenvalue weighted by Gasteiger charge is 2.25. The molecule has 0 saturated heterocycles. The van der Waals surface area contributed by atoms with Crippen LogP contribution < -0.4 is 19.5 Å². The molecule has 3 aromatic carbocycles. The fraction of sp³-hybridized carbons (Fsp3) is 0.241. The van der Waals surface area contributed by atoms with Gasteiger partial charge in [-0.2, -0.15) is 0 Å². The molecule has 10 nitrogen and oxygen atoms in total. The van der Waals surface area contributed by atoms with Crippen LogP contribution in [0.2, 0.25) is 0 Å². The Kier molecular flexibility index (Phi) is 10.5. The molecule has 2 N–H and O–H groups in total. The summed E-state index contributed by atoms with van der Waals surface area (Å²) in [4.78, 5) is 23.7. The Morgan fingerprint density at radius 2 is 1.71 bits per heavy atom. The quantitative estimate of drug-likeness (QED) is 0.205. The molecule has 224 valence electrons. The van der Waals surface area contributed by atoms with Crippen LogP contribution in [0.15, 0.2) is 60.0 Å². The lowest BCUT2D eigenvalue weighted by atomic mass is 10.0. The number of nitrogens with one attached hydrogen (secondary N) is 2. The molecule has 0 aliphatic heterocycles. The Bertz CT molecular complexity index is 1610. The van der Waals surface area contributed by atoms with Crippen LogP contribution in [0.3, 0.4) is 0 Å². The van der Waals surface area contributed by atoms with Crippen molar-refractivity contribution in [2.75, 3.05) is 32.1 Å². The third-order valence-corrected chi connectivity index (χ3v) is 7.15. The van der Waals surface area contributed by atoms with Gasteiger partial charge in [0.15, 0.2) is 17.2 Å². The van der Waals surface area contributed by atoms with Gasteiger partial charge in [-0.1, -0.05) is 6.58 Å². The van der Waals surface area contributed by atoms with E-state index in [2.05, 4.69) is 16.6 Å². The van der Waals surface area contributed by atoms with Gasteiger partial charge in [0.2, 0.25) is 0 Å². The second-order valence-corrected chi connectivity index (χ2v) is 10.3. The zero-order valence-corrected chi connectivity index (χ0v) is 24.2. The summed E-state index contributed by atoms with van der Waals surface area (Å²) in [5, 5.41) is 2.61. The average molecular weight is 605 g/mol. The van der Waals surface area contributed by atoms with Crippen molar-refractivity contribution in [1.29, 1.82) is 0 Å². The summed E-state index contributed by atoms with van der Waals surface area (Å²) in [5.74, 6) is -3.06. The maximum Gasteiger partial charge on any atom is 0.309 e. The molecule has 0 aromatic heterocycles. The van der Waals surface area contributed by atoms with Gasteiger partial charge in [-0.3, -0.25) is 14.3 Å². The molecule has 0 heterocycles. The molecular weight excluding hydrogens is 574 g/mol. The van der Waals surface area contributed by atoms with Gasteiger partial charge in [-0.25, -0.2) is 17.2 Å². The third kappa shape index (κ3) is 7.55. The highest BCUT2D eigenvalue weighted by molar-refractivity contribution is 7.92. The van der Waals surface area contributed by atoms with Gasteiger partial charge in [-0.15, -0.1) is 0 Å². The third-order valence-electron chi connectivity index (χ3n) is 5.75. The maximum atomic E-state index is 14.4. The normalized spacial score (nSPS) is 10.9. The van der Waals surface area contributed by atoms with Crippen LogP contribution >= 0.6 is 0 Å². The van der Waals surface area contributed by atoms with E-state index in [1.165, 1.54) is 38.5 Å². The molecule has 0 bridgehead atoms. The van der Waals surface area contributed by atoms with Crippen LogP contribution in [-0.4, -0.2) is 47.7 Å². The maximum absolute atomic E-state index is 14.4. The average Bonchev–Trinajstić information content (AvgIpc) is 2.94. The monoisotopic (exact) mass is 604 g/mol. The van der Waals surface area contributed by atoms with Crippen molar-refractivity contribution in [3.63, 3.8) is 0 Å². The van der Waals surface area contributed by atoms with Gasteiger partial charge < -0.3 is 24.3 Å². The number of sulfonamides is 1. The number of hydrogen-bond donors (Lipinski definition) is 2. The Morgan fingerprint density at radius 3 is 2.33 bits per heavy atom. The number of anilines is 1. The summed E-state index contributed by atoms with van der Waals surface area (Å²) in [6.07, 6.45) is -0.102. The lowest BCUT2D eigenvalue weighted by Crippen LogP contribution is -2.23. The predicted molar refractivity (Wildman–Crippen MR) is 151 cm³/mol. The van der Waals surface area contributed by atoms with Crippen molar-refractivity contribution in [2.24, 2.45) is 0 Å². The summed E-state index contributed by atoms with van der Waals surface area (Å²) in [6.45, 7) is 7.91. The number of carbonyl (C=O) groups is 2. The van der Waals surface area contributed by atoms with Gasteiger partial charge in [0, 0.05) is 18.2 Å². The van der Waals surface area contributed by atoms with Crippen LogP contribution in [0.25, 0.3) is 5.76 Å². The first-order valence-corrected chi connectivity index (χ1v) is 14.1. The molecule has 0 aliphatic rings. The van der Waals surface area contributed by atoms with E-state index in [1.54, 1.807) is 19.9 Å². The zero-order valence-electron chi connectivity index (χ0n) is 23.4. The fourth-order valence-corrected chi connectivity index (χ4v) is 4.94. The predicted octanol–water partition coefficient (Wildman–Crippen LogP) is 5.04. The number of esters is 1. The zero-order chi connectivity index (χ0) is 31.0. The topological polar surface area (TPSA) is 129 Å². The molecule has 42 heavy (non-hydrogen) atoms. The molecule has 0 spiro atoms. The van der Waals surface area contributed by atoms with E-state index in [4.69, 9.17) is 18.9 Å². The SMILES string of the molecule is C=C(OCC)c1cc(CC(=O)OC)cc(OC)c1Oc1ccc(C(=O)NCC)cc1NS(=O)(=O)c1ccc(F)cc1F. The molecular formula is C29H30F2N2O8S. The van der Waals surface area contributed by atoms with E-state index < -0.39 is 38.4 Å². The first-order valence-electron chi connectivity index (χ1n) is 12.6. The molecule has 13 heteroatoms. The molecule has 0 atom stereocenters. The Labute approximate surface area is 242 Å². The molecule has 0 radical (unpaired) electrons. The van der Waals surface area contributed by atoms with Gasteiger partial charge >= 0.3 is 5.97 Å². The lowest BCUT2D eigenvalue weighted by molar-refractivity contribution is -0.139. The van der Waals surface area contributed by atoms with Crippen molar-refractivity contribution in [3.05, 3.63) is 83.4 Å². The van der Waals surface area contributed by atoms with Crippen LogP contribution in [-0.2, 0) is 30.7 Å². The van der Waals surface area contributed by atoms with Gasteiger partial charge in [0.1, 0.15) is 22.3 Å². The highest BCUT2D eigenvalue weighted by Crippen LogP contribution is 2.42. The van der Waals surface area contributed by atoms with E-state index in [1.807, 2.05) is 0 Å². The largest absolute Gasteiger partial charge is 0.494 e. The summed E-state index contributed by atoms with van der Waals surface area (Å²) in [5.41, 5.74) is 0.597. The number of methoxy groups -OCH3 is 2. The van der Waals surface area contributed by atoms with E-state index in [-0.39, 0.29) is 52.8 Å². The van der Waals surface area contributed by atoms with Crippen LogP contribution in [0.1, 0.15) is 35.3 Å². The smallest absolute Gasteiger partial charge is 0.309 e. The van der Waals surface area contributed by atoms with Gasteiger partial charge in [-0.05, 0) is 61.9 Å². The summed E-state index contributed by atoms with van der Waals surface area (Å²) in [7, 11) is -2.02. The fourth-order valence-electron chi connectivity index (χ4n) is 3.82. The number of benzene rings is 3. The van der Waals surface area contributed by atoms with Gasteiger partial charge in [0.05, 0.1) is 38.5 Å². The van der Waals surface area contributed by atoms with Crippen LogP contribution in [0, 0.1) is 11.6 Å². The minimum Gasteiger partial charge on any atom is -0.494 e. The van der Waals surface area contributed by atoms with Crippen LogP contribution in [0.5, 0.6) is 17.2 Å². The molecule has 0 fully saturated rings. The standard InChI is InChI=1S/C29H30F2N2O8S/c1-6-32-29(35)19-8-10-24(23(15-19)33-42(36,37)26-11-9-20(30)16-22(26)31)41-28-21(17(3)40-7-2)12-18(13-25(28)38-4)14-27(34)39-5/h8-13,15-16,33H,3,6-7,14H2,1-2,4-5H3,(H,32,35). The van der Waals surface area contributed by atoms with Crippen molar-refractivity contribution in [3.8, 4) is 17.2 Å². The van der Waals surface area contributed by atoms with Crippen molar-refractivity contribution in [1.82, 2.24) is 5.32 Å². The molecule has 1 amide bonds. The summed E-state index contributed by atoms with van der Waals surface area (Å²) in [6, 6.07) is 9.03. The first-order chi connectivity index (χ1) is 19.9. The van der Waals surface area contributed by atoms with E-state index >= 15 is 0 Å². The number of ether oxygens (including phenoxy) is 4. The lowest BCUT2D eigenvalue weighted by Gasteiger charge is -2.20. The van der Waals surface area contributed by atoms with E-state index in [9.17, 15) is 26.8 Å². The number of amides is 1. The summed E-state index contributed by atoms with van der Waals surface area (Å²) >= 11 is 0. The Hall–Kier alpha value is -4.65. The Balaban J connectivity index is 2.18. The second-order valence-electron chi connectivity index (χ2n) is 8.64. The molecule has 3 rings (SSSR count). The van der Waals surface area contributed by atoms with Crippen LogP contribution in [0.4, 0.5) is 14.5 Å². The minimum absolute atomic E-state index is 0.0451. The van der Waals surface area contributed by atoms with Crippen molar-refractivity contribution in [2.45, 2.75) is 25.2 Å². The number of hydrogen-bond acceptors (Lipinski definition) is 8. The second kappa shape index (κ2) is 13.8. The number of rotatable bonds is 13. The molecule has 3 aromatic rings. The minimum atomic E-state index is -4.63. The van der Waals surface area contributed by atoms with Crippen molar-refractivity contribution < 1.29 is 45.7 Å². The number of halogens is 2. The van der Waals surface area contributed by atoms with E-state index in [0.717, 1.165) is 12.1 Å². The molecule has 0 unspecified atom stereocenters. The molecule has 0 saturated carbocycles. The summed E-state index contributed by atoms with van der Waals surface area (Å²) < 4.78 is 78.5. The Morgan fingerprint density at radius 1 is 0.976 bits per heavy atom. The van der Waals surface area contributed by atoms with Crippen molar-refractivity contribution >= 4 is 33.3 Å². The highest BCUT2D eigenvalue weighted by atomic mass is 32.2. The van der Waals surface area contributed by atoms with E-state index in [0.29, 0.717) is 18.2 Å². The first kappa shape index (κ1) is 31.9. The number of carbonyl (C=O) groups excluding carboxylic acids is 2. The van der Waals surface area contributed by atoms with Gasteiger partial charge in [0.25, 0.3) is 15.9 Å².